The number of hydrogen-bond acceptors (Lipinski definition) is 6. The maximum atomic E-state index is 12.3. The molecule has 0 aromatic heterocycles. The molecule has 3 N–H and O–H groups in total. The number of morpholine rings is 1. The third-order valence-corrected chi connectivity index (χ3v) is 5.77. The van der Waals surface area contributed by atoms with E-state index < -0.39 is 6.10 Å². The number of anilines is 2. The lowest BCUT2D eigenvalue weighted by atomic mass is 10.0. The monoisotopic (exact) mass is 483 g/mol. The van der Waals surface area contributed by atoms with Gasteiger partial charge in [-0.05, 0) is 31.2 Å². The van der Waals surface area contributed by atoms with E-state index in [1.165, 1.54) is 6.08 Å². The number of aliphatic hydroxyl groups is 1. The molecule has 0 spiro atoms. The molecular weight excluding hydrogens is 461 g/mol. The Morgan fingerprint density at radius 2 is 2.16 bits per heavy atom. The highest BCUT2D eigenvalue weighted by Crippen LogP contribution is 2.30. The summed E-state index contributed by atoms with van der Waals surface area (Å²) in [6, 6.07) is 5.22. The number of rotatable bonds is 7. The Labute approximate surface area is 196 Å². The van der Waals surface area contributed by atoms with Crippen LogP contribution in [0, 0.1) is 0 Å². The summed E-state index contributed by atoms with van der Waals surface area (Å²) in [4.78, 5) is 26.5. The fraction of sp³-hybridized carbons (Fsp3) is 0.381. The van der Waals surface area contributed by atoms with E-state index in [-0.39, 0.29) is 37.6 Å². The van der Waals surface area contributed by atoms with Gasteiger partial charge in [-0.15, -0.1) is 0 Å². The molecule has 1 aromatic rings. The minimum atomic E-state index is -0.840. The summed E-state index contributed by atoms with van der Waals surface area (Å²) < 4.78 is 5.34. The summed E-state index contributed by atoms with van der Waals surface area (Å²) >= 11 is 17.5. The second kappa shape index (κ2) is 10.6. The number of halogens is 2. The number of nitrogens with one attached hydrogen (secondary N) is 2. The summed E-state index contributed by atoms with van der Waals surface area (Å²) in [6.45, 7) is 2.59. The van der Waals surface area contributed by atoms with Crippen LogP contribution in [0.2, 0.25) is 5.02 Å². The van der Waals surface area contributed by atoms with Crippen LogP contribution in [0.1, 0.15) is 13.3 Å². The van der Waals surface area contributed by atoms with Crippen LogP contribution in [0.3, 0.4) is 0 Å². The molecule has 1 fully saturated rings. The molecule has 1 heterocycles. The molecule has 2 atom stereocenters. The first-order valence-electron chi connectivity index (χ1n) is 9.76. The highest BCUT2D eigenvalue weighted by molar-refractivity contribution is 7.81. The Bertz CT molecular complexity index is 951. The van der Waals surface area contributed by atoms with Crippen LogP contribution in [0.15, 0.2) is 41.0 Å². The fourth-order valence-electron chi connectivity index (χ4n) is 3.15. The summed E-state index contributed by atoms with van der Waals surface area (Å²) in [5.74, 6) is -0.511. The summed E-state index contributed by atoms with van der Waals surface area (Å²) in [5, 5.41) is 16.8. The topological polar surface area (TPSA) is 90.9 Å². The Balaban J connectivity index is 1.51. The standard InChI is InChI=1S/C21H23Cl2N3O4S/c1-12-10-26(20(28)11-30-12)18-4-3-14(7-17(18)23)24-8-15(27)9-25-21(29)16-6-13(22)2-5-19(16)31/h2-4,6-7,12,15,24,27H,5,8-11H2,1H3,(H,25,29). The first-order valence-corrected chi connectivity index (χ1v) is 10.9. The lowest BCUT2D eigenvalue weighted by Gasteiger charge is -2.31. The first-order chi connectivity index (χ1) is 14.7. The van der Waals surface area contributed by atoms with Crippen molar-refractivity contribution in [1.29, 1.82) is 0 Å². The highest BCUT2D eigenvalue weighted by Gasteiger charge is 2.26. The smallest absolute Gasteiger partial charge is 0.253 e. The number of nitrogens with zero attached hydrogens (tertiary/aromatic N) is 1. The molecule has 0 saturated carbocycles. The van der Waals surface area contributed by atoms with Gasteiger partial charge in [-0.2, -0.15) is 0 Å². The molecule has 31 heavy (non-hydrogen) atoms. The van der Waals surface area contributed by atoms with Crippen LogP contribution in [-0.4, -0.2) is 60.2 Å². The van der Waals surface area contributed by atoms with Crippen molar-refractivity contribution in [2.24, 2.45) is 0 Å². The molecule has 166 valence electrons. The molecule has 10 heteroatoms. The minimum Gasteiger partial charge on any atom is -0.389 e. The predicted molar refractivity (Wildman–Crippen MR) is 126 cm³/mol. The maximum Gasteiger partial charge on any atom is 0.253 e. The number of carbonyl (C=O) groups is 2. The SMILES string of the molecule is CC1CN(c2ccc(NCC(O)CNC(=O)C3=CC(Cl)=CCC3=S)cc2Cl)C(=O)CO1. The van der Waals surface area contributed by atoms with Crippen LogP contribution in [0.25, 0.3) is 0 Å². The quantitative estimate of drug-likeness (QED) is 0.516. The number of ether oxygens (including phenoxy) is 1. The second-order valence-electron chi connectivity index (χ2n) is 7.31. The summed E-state index contributed by atoms with van der Waals surface area (Å²) in [7, 11) is 0. The lowest BCUT2D eigenvalue weighted by Crippen LogP contribution is -2.45. The molecule has 1 aliphatic carbocycles. The normalized spacial score (nSPS) is 20.1. The highest BCUT2D eigenvalue weighted by atomic mass is 35.5. The zero-order chi connectivity index (χ0) is 22.5. The van der Waals surface area contributed by atoms with Gasteiger partial charge in [0.05, 0.1) is 35.0 Å². The van der Waals surface area contributed by atoms with Crippen LogP contribution in [0.5, 0.6) is 0 Å². The van der Waals surface area contributed by atoms with Crippen LogP contribution in [0.4, 0.5) is 11.4 Å². The number of aliphatic hydroxyl groups excluding tert-OH is 1. The van der Waals surface area contributed by atoms with Crippen molar-refractivity contribution in [2.75, 3.05) is 36.5 Å². The maximum absolute atomic E-state index is 12.3. The zero-order valence-corrected chi connectivity index (χ0v) is 19.2. The van der Waals surface area contributed by atoms with Gasteiger partial charge in [0, 0.05) is 35.1 Å². The summed E-state index contributed by atoms with van der Waals surface area (Å²) in [6.07, 6.45) is 2.81. The Hall–Kier alpha value is -1.97. The summed E-state index contributed by atoms with van der Waals surface area (Å²) in [5.41, 5.74) is 1.64. The molecule has 0 bridgehead atoms. The fourth-order valence-corrected chi connectivity index (χ4v) is 3.86. The van der Waals surface area contributed by atoms with Gasteiger partial charge in [-0.25, -0.2) is 0 Å². The average molecular weight is 484 g/mol. The molecule has 1 aliphatic heterocycles. The molecule has 2 unspecified atom stereocenters. The molecule has 0 radical (unpaired) electrons. The molecule has 1 saturated heterocycles. The van der Waals surface area contributed by atoms with E-state index >= 15 is 0 Å². The third kappa shape index (κ3) is 6.27. The van der Waals surface area contributed by atoms with Gasteiger partial charge in [-0.1, -0.05) is 41.5 Å². The molecular formula is C21H23Cl2N3O4S. The van der Waals surface area contributed by atoms with E-state index in [0.717, 1.165) is 0 Å². The number of benzene rings is 1. The van der Waals surface area contributed by atoms with Crippen LogP contribution in [-0.2, 0) is 14.3 Å². The van der Waals surface area contributed by atoms with E-state index in [2.05, 4.69) is 10.6 Å². The van der Waals surface area contributed by atoms with Crippen LogP contribution < -0.4 is 15.5 Å². The average Bonchev–Trinajstić information content (AvgIpc) is 2.74. The van der Waals surface area contributed by atoms with E-state index in [4.69, 9.17) is 40.2 Å². The molecule has 1 aromatic carbocycles. The number of allylic oxidation sites excluding steroid dienone is 3. The van der Waals surface area contributed by atoms with Gasteiger partial charge in [0.1, 0.15) is 6.61 Å². The Morgan fingerprint density at radius 1 is 1.39 bits per heavy atom. The van der Waals surface area contributed by atoms with E-state index in [0.29, 0.717) is 44.8 Å². The molecule has 7 nitrogen and oxygen atoms in total. The van der Waals surface area contributed by atoms with Gasteiger partial charge < -0.3 is 25.4 Å². The predicted octanol–water partition coefficient (Wildman–Crippen LogP) is 2.80. The largest absolute Gasteiger partial charge is 0.389 e. The number of hydrogen-bond donors (Lipinski definition) is 3. The lowest BCUT2D eigenvalue weighted by molar-refractivity contribution is -0.128. The van der Waals surface area contributed by atoms with Crippen molar-refractivity contribution < 1.29 is 19.4 Å². The van der Waals surface area contributed by atoms with Crippen molar-refractivity contribution in [3.8, 4) is 0 Å². The minimum absolute atomic E-state index is 0.0273. The van der Waals surface area contributed by atoms with Gasteiger partial charge in [-0.3, -0.25) is 9.59 Å². The third-order valence-electron chi connectivity index (χ3n) is 4.82. The van der Waals surface area contributed by atoms with Gasteiger partial charge in [0.15, 0.2) is 0 Å². The van der Waals surface area contributed by atoms with E-state index in [1.807, 2.05) is 6.92 Å². The number of thiocarbonyl (C=S) groups is 1. The Kier molecular flexibility index (Phi) is 8.07. The van der Waals surface area contributed by atoms with Gasteiger partial charge in [0.2, 0.25) is 0 Å². The van der Waals surface area contributed by atoms with Crippen molar-refractivity contribution in [3.05, 3.63) is 46.0 Å². The van der Waals surface area contributed by atoms with Crippen molar-refractivity contribution in [2.45, 2.75) is 25.6 Å². The van der Waals surface area contributed by atoms with E-state index in [1.54, 1.807) is 29.2 Å². The van der Waals surface area contributed by atoms with Crippen molar-refractivity contribution in [3.63, 3.8) is 0 Å². The molecule has 2 amide bonds. The second-order valence-corrected chi connectivity index (χ2v) is 8.65. The van der Waals surface area contributed by atoms with E-state index in [9.17, 15) is 14.7 Å². The van der Waals surface area contributed by atoms with Crippen molar-refractivity contribution >= 4 is 63.5 Å². The zero-order valence-electron chi connectivity index (χ0n) is 16.9. The Morgan fingerprint density at radius 3 is 2.90 bits per heavy atom. The molecule has 3 rings (SSSR count). The van der Waals surface area contributed by atoms with Gasteiger partial charge in [0.25, 0.3) is 11.8 Å². The number of carbonyl (C=O) groups excluding carboxylic acids is 2. The first kappa shape index (κ1) is 23.7. The molecule has 2 aliphatic rings. The number of amides is 2. The van der Waals surface area contributed by atoms with Gasteiger partial charge >= 0.3 is 0 Å². The van der Waals surface area contributed by atoms with Crippen molar-refractivity contribution in [1.82, 2.24) is 5.32 Å². The van der Waals surface area contributed by atoms with Crippen LogP contribution >= 0.6 is 35.4 Å².